The minimum Gasteiger partial charge on any atom is -0.494 e. The third-order valence-electron chi connectivity index (χ3n) is 4.74. The van der Waals surface area contributed by atoms with Crippen LogP contribution in [-0.2, 0) is 4.79 Å². The van der Waals surface area contributed by atoms with E-state index in [-0.39, 0.29) is 16.6 Å². The zero-order valence-corrected chi connectivity index (χ0v) is 19.0. The van der Waals surface area contributed by atoms with E-state index in [0.717, 1.165) is 24.3 Å². The van der Waals surface area contributed by atoms with Crippen molar-refractivity contribution in [1.29, 1.82) is 0 Å². The highest BCUT2D eigenvalue weighted by Gasteiger charge is 2.00. The Kier molecular flexibility index (Phi) is 7.99. The van der Waals surface area contributed by atoms with E-state index in [2.05, 4.69) is 20.2 Å². The monoisotopic (exact) mass is 448 g/mol. The lowest BCUT2D eigenvalue weighted by Crippen LogP contribution is -2.46. The summed E-state index contributed by atoms with van der Waals surface area (Å²) < 4.78 is 5.71. The highest BCUT2D eigenvalue weighted by Crippen LogP contribution is 2.13. The number of nitrogens with zero attached hydrogens (tertiary/aromatic N) is 1. The fraction of sp³-hybridized carbons (Fsp3) is 0.240. The first-order chi connectivity index (χ1) is 15.8. The fourth-order valence-electron chi connectivity index (χ4n) is 3.13. The van der Waals surface area contributed by atoms with E-state index < -0.39 is 11.1 Å². The van der Waals surface area contributed by atoms with Crippen molar-refractivity contribution in [2.45, 2.75) is 13.3 Å². The molecule has 0 bridgehead atoms. The van der Waals surface area contributed by atoms with Crippen LogP contribution in [0.4, 0.5) is 5.69 Å². The predicted octanol–water partition coefficient (Wildman–Crippen LogP) is 1.01. The molecular weight excluding hydrogens is 420 g/mol. The van der Waals surface area contributed by atoms with Crippen molar-refractivity contribution in [3.63, 3.8) is 0 Å². The Morgan fingerprint density at radius 2 is 1.42 bits per heavy atom. The molecule has 3 rings (SSSR count). The summed E-state index contributed by atoms with van der Waals surface area (Å²) in [5, 5.41) is 2.98. The number of nitrogens with one attached hydrogen (secondary N) is 3. The smallest absolute Gasteiger partial charge is 0.272 e. The first kappa shape index (κ1) is 23.7. The molecule has 8 heteroatoms. The van der Waals surface area contributed by atoms with Crippen molar-refractivity contribution in [2.24, 2.45) is 0 Å². The standard InChI is InChI=1S/C25H28N4O4/c1-17(30)26-20-9-5-18(6-10-20)15-22-24(31)28-23(25(32)27-22)16-19-7-11-21(12-8-19)33-14-4-13-29(2)3/h5-12,15-16H,4,13-14H2,1-3H3,(H,26,30)(H,27,32)(H,28,31)/b22-15-,23-16-. The number of carbonyl (C=O) groups is 1. The van der Waals surface area contributed by atoms with Gasteiger partial charge in [-0.2, -0.15) is 0 Å². The van der Waals surface area contributed by atoms with E-state index >= 15 is 0 Å². The van der Waals surface area contributed by atoms with Crippen LogP contribution in [0, 0.1) is 0 Å². The number of hydrogen-bond acceptors (Lipinski definition) is 5. The van der Waals surface area contributed by atoms with Crippen LogP contribution in [0.1, 0.15) is 24.5 Å². The largest absolute Gasteiger partial charge is 0.494 e. The number of amides is 1. The number of benzene rings is 2. The molecule has 0 saturated heterocycles. The Hall–Kier alpha value is -3.91. The summed E-state index contributed by atoms with van der Waals surface area (Å²) in [7, 11) is 4.04. The van der Waals surface area contributed by atoms with Crippen LogP contribution in [0.5, 0.6) is 5.75 Å². The normalized spacial score (nSPS) is 12.2. The summed E-state index contributed by atoms with van der Waals surface area (Å²) in [6.45, 7) is 3.01. The molecule has 3 aromatic rings. The Labute approximate surface area is 191 Å². The van der Waals surface area contributed by atoms with Crippen LogP contribution in [0.25, 0.3) is 12.2 Å². The molecule has 0 spiro atoms. The van der Waals surface area contributed by atoms with Gasteiger partial charge in [0.15, 0.2) is 0 Å². The molecule has 8 nitrogen and oxygen atoms in total. The summed E-state index contributed by atoms with van der Waals surface area (Å²) in [4.78, 5) is 43.5. The van der Waals surface area contributed by atoms with Gasteiger partial charge in [0.2, 0.25) is 5.91 Å². The number of aromatic amines is 2. The van der Waals surface area contributed by atoms with Gasteiger partial charge < -0.3 is 24.9 Å². The first-order valence-corrected chi connectivity index (χ1v) is 10.6. The molecule has 0 aliphatic rings. The average molecular weight is 449 g/mol. The van der Waals surface area contributed by atoms with E-state index in [1.165, 1.54) is 6.92 Å². The van der Waals surface area contributed by atoms with Crippen LogP contribution in [0.15, 0.2) is 58.1 Å². The van der Waals surface area contributed by atoms with E-state index in [1.807, 2.05) is 38.4 Å². The quantitative estimate of drug-likeness (QED) is 0.446. The Balaban J connectivity index is 1.77. The third kappa shape index (κ3) is 7.33. The predicted molar refractivity (Wildman–Crippen MR) is 130 cm³/mol. The summed E-state index contributed by atoms with van der Waals surface area (Å²) in [5.41, 5.74) is 1.31. The molecule has 1 amide bonds. The van der Waals surface area contributed by atoms with Crippen LogP contribution in [0.3, 0.4) is 0 Å². The summed E-state index contributed by atoms with van der Waals surface area (Å²) in [6.07, 6.45) is 4.12. The lowest BCUT2D eigenvalue weighted by atomic mass is 10.2. The second kappa shape index (κ2) is 11.1. The molecule has 0 unspecified atom stereocenters. The summed E-state index contributed by atoms with van der Waals surface area (Å²) in [6, 6.07) is 14.3. The van der Waals surface area contributed by atoms with E-state index in [0.29, 0.717) is 17.9 Å². The molecule has 0 atom stereocenters. The SMILES string of the molecule is CC(=O)Nc1ccc(/C=c2\[nH]c(=O)/c(=C/c3ccc(OCCCN(C)C)cc3)[nH]c2=O)cc1. The molecule has 0 aliphatic heterocycles. The number of rotatable bonds is 8. The van der Waals surface area contributed by atoms with Gasteiger partial charge in [0, 0.05) is 19.2 Å². The van der Waals surface area contributed by atoms with Crippen LogP contribution in [0.2, 0.25) is 0 Å². The molecule has 0 fully saturated rings. The maximum absolute atomic E-state index is 12.5. The first-order valence-electron chi connectivity index (χ1n) is 10.6. The molecule has 3 N–H and O–H groups in total. The molecule has 0 saturated carbocycles. The van der Waals surface area contributed by atoms with Crippen molar-refractivity contribution < 1.29 is 9.53 Å². The average Bonchev–Trinajstić information content (AvgIpc) is 2.76. The zero-order valence-electron chi connectivity index (χ0n) is 19.0. The second-order valence-electron chi connectivity index (χ2n) is 7.90. The van der Waals surface area contributed by atoms with Crippen molar-refractivity contribution >= 4 is 23.7 Å². The van der Waals surface area contributed by atoms with E-state index in [1.54, 1.807) is 36.4 Å². The lowest BCUT2D eigenvalue weighted by Gasteiger charge is -2.10. The number of hydrogen-bond donors (Lipinski definition) is 3. The second-order valence-corrected chi connectivity index (χ2v) is 7.90. The van der Waals surface area contributed by atoms with Gasteiger partial charge in [-0.1, -0.05) is 24.3 Å². The molecule has 1 aromatic heterocycles. The Morgan fingerprint density at radius 1 is 0.909 bits per heavy atom. The fourth-order valence-corrected chi connectivity index (χ4v) is 3.13. The topological polar surface area (TPSA) is 107 Å². The summed E-state index contributed by atoms with van der Waals surface area (Å²) >= 11 is 0. The molecule has 0 radical (unpaired) electrons. The number of H-pyrrole nitrogens is 2. The van der Waals surface area contributed by atoms with E-state index in [4.69, 9.17) is 4.74 Å². The number of anilines is 1. The molecule has 0 aliphatic carbocycles. The van der Waals surface area contributed by atoms with Gasteiger partial charge in [-0.25, -0.2) is 0 Å². The van der Waals surface area contributed by atoms with Crippen molar-refractivity contribution in [3.05, 3.63) is 91.1 Å². The Morgan fingerprint density at radius 3 is 1.91 bits per heavy atom. The van der Waals surface area contributed by atoms with E-state index in [9.17, 15) is 14.4 Å². The molecule has 1 heterocycles. The van der Waals surface area contributed by atoms with Gasteiger partial charge in [-0.15, -0.1) is 0 Å². The van der Waals surface area contributed by atoms with Crippen molar-refractivity contribution in [2.75, 3.05) is 32.6 Å². The van der Waals surface area contributed by atoms with Crippen LogP contribution in [-0.4, -0.2) is 48.0 Å². The molecule has 2 aromatic carbocycles. The van der Waals surface area contributed by atoms with Crippen molar-refractivity contribution in [1.82, 2.24) is 14.9 Å². The van der Waals surface area contributed by atoms with Crippen LogP contribution >= 0.6 is 0 Å². The lowest BCUT2D eigenvalue weighted by molar-refractivity contribution is -0.114. The number of aromatic nitrogens is 2. The molecule has 172 valence electrons. The van der Waals surface area contributed by atoms with Gasteiger partial charge in [0.05, 0.1) is 6.61 Å². The third-order valence-corrected chi connectivity index (χ3v) is 4.74. The molecular formula is C25H28N4O4. The summed E-state index contributed by atoms with van der Waals surface area (Å²) in [5.74, 6) is 0.587. The number of carbonyl (C=O) groups excluding carboxylic acids is 1. The van der Waals surface area contributed by atoms with Gasteiger partial charge in [0.1, 0.15) is 16.4 Å². The van der Waals surface area contributed by atoms with Gasteiger partial charge >= 0.3 is 0 Å². The minimum atomic E-state index is -0.410. The highest BCUT2D eigenvalue weighted by atomic mass is 16.5. The number of ether oxygens (including phenoxy) is 1. The van der Waals surface area contributed by atoms with Crippen LogP contribution < -0.4 is 31.9 Å². The maximum atomic E-state index is 12.5. The van der Waals surface area contributed by atoms with Gasteiger partial charge in [0.25, 0.3) is 11.1 Å². The Bertz CT molecular complexity index is 1320. The van der Waals surface area contributed by atoms with Crippen molar-refractivity contribution in [3.8, 4) is 5.75 Å². The van der Waals surface area contributed by atoms with Gasteiger partial charge in [-0.3, -0.25) is 14.4 Å². The highest BCUT2D eigenvalue weighted by molar-refractivity contribution is 5.88. The van der Waals surface area contributed by atoms with Gasteiger partial charge in [-0.05, 0) is 68.1 Å². The molecule has 33 heavy (non-hydrogen) atoms. The minimum absolute atomic E-state index is 0.144. The maximum Gasteiger partial charge on any atom is 0.272 e. The zero-order chi connectivity index (χ0) is 23.8.